The lowest BCUT2D eigenvalue weighted by molar-refractivity contribution is 0.373. The quantitative estimate of drug-likeness (QED) is 0.743. The zero-order valence-electron chi connectivity index (χ0n) is 11.4. The molecule has 108 valence electrons. The lowest BCUT2D eigenvalue weighted by Gasteiger charge is -2.12. The molecule has 0 aliphatic rings. The van der Waals surface area contributed by atoms with E-state index < -0.39 is 10.0 Å². The maximum Gasteiger partial charge on any atom is 0.229 e. The van der Waals surface area contributed by atoms with E-state index in [1.165, 1.54) is 38.7 Å². The Morgan fingerprint density at radius 1 is 1.21 bits per heavy atom. The van der Waals surface area contributed by atoms with Crippen molar-refractivity contribution in [1.29, 1.82) is 0 Å². The van der Waals surface area contributed by atoms with E-state index in [2.05, 4.69) is 15.3 Å². The summed E-state index contributed by atoms with van der Waals surface area (Å²) < 4.78 is 34.3. The van der Waals surface area contributed by atoms with Crippen molar-refractivity contribution < 1.29 is 17.9 Å². The van der Waals surface area contributed by atoms with E-state index in [1.807, 2.05) is 0 Å². The molecule has 1 heterocycles. The van der Waals surface area contributed by atoms with Crippen LogP contribution in [-0.4, -0.2) is 63.3 Å². The lowest BCUT2D eigenvalue weighted by atomic mass is 10.6. The van der Waals surface area contributed by atoms with Crippen LogP contribution >= 0.6 is 0 Å². The van der Waals surface area contributed by atoms with Crippen LogP contribution in [0.15, 0.2) is 6.07 Å². The number of rotatable bonds is 7. The van der Waals surface area contributed by atoms with Crippen molar-refractivity contribution in [2.24, 2.45) is 0 Å². The molecule has 1 N–H and O–H groups in total. The summed E-state index contributed by atoms with van der Waals surface area (Å²) in [5.74, 6) is 0.878. The molecule has 1 aromatic rings. The number of nitrogens with one attached hydrogen (secondary N) is 1. The van der Waals surface area contributed by atoms with Crippen molar-refractivity contribution in [3.8, 4) is 11.8 Å². The Morgan fingerprint density at radius 3 is 2.16 bits per heavy atom. The minimum absolute atomic E-state index is 0.0527. The normalized spacial score (nSPS) is 11.4. The number of hydrogen-bond donors (Lipinski definition) is 1. The van der Waals surface area contributed by atoms with Crippen molar-refractivity contribution in [2.75, 3.05) is 45.9 Å². The van der Waals surface area contributed by atoms with E-state index in [0.717, 1.165) is 0 Å². The van der Waals surface area contributed by atoms with Gasteiger partial charge in [0.25, 0.3) is 0 Å². The number of aromatic nitrogens is 2. The molecule has 0 aliphatic heterocycles. The van der Waals surface area contributed by atoms with Crippen LogP contribution in [0.1, 0.15) is 0 Å². The molecule has 0 unspecified atom stereocenters. The van der Waals surface area contributed by atoms with Gasteiger partial charge in [0, 0.05) is 20.6 Å². The fraction of sp³-hybridized carbons (Fsp3) is 0.600. The van der Waals surface area contributed by atoms with Gasteiger partial charge in [-0.25, -0.2) is 12.7 Å². The largest absolute Gasteiger partial charge is 0.481 e. The Hall–Kier alpha value is -1.61. The van der Waals surface area contributed by atoms with Crippen LogP contribution in [0.25, 0.3) is 0 Å². The predicted octanol–water partition coefficient (Wildman–Crippen LogP) is -0.203. The number of anilines is 1. The summed E-state index contributed by atoms with van der Waals surface area (Å²) in [6.07, 6.45) is 0. The summed E-state index contributed by atoms with van der Waals surface area (Å²) in [6.45, 7) is 0.191. The smallest absolute Gasteiger partial charge is 0.229 e. The molecule has 0 fully saturated rings. The average Bonchev–Trinajstić information content (AvgIpc) is 2.37. The van der Waals surface area contributed by atoms with Crippen LogP contribution in [0.5, 0.6) is 11.8 Å². The first-order valence-electron chi connectivity index (χ1n) is 5.50. The van der Waals surface area contributed by atoms with Crippen molar-refractivity contribution in [3.63, 3.8) is 0 Å². The lowest BCUT2D eigenvalue weighted by Crippen LogP contribution is -2.28. The van der Waals surface area contributed by atoms with E-state index in [1.54, 1.807) is 0 Å². The number of methoxy groups -OCH3 is 2. The maximum absolute atomic E-state index is 11.6. The summed E-state index contributed by atoms with van der Waals surface area (Å²) >= 11 is 0. The molecule has 0 radical (unpaired) electrons. The third kappa shape index (κ3) is 4.52. The molecule has 1 rings (SSSR count). The number of hydrogen-bond acceptors (Lipinski definition) is 7. The van der Waals surface area contributed by atoms with Gasteiger partial charge in [0.2, 0.25) is 27.7 Å². The molecule has 0 atom stereocenters. The molecular weight excluding hydrogens is 272 g/mol. The third-order valence-electron chi connectivity index (χ3n) is 2.30. The molecule has 0 saturated heterocycles. The minimum Gasteiger partial charge on any atom is -0.481 e. The van der Waals surface area contributed by atoms with E-state index in [9.17, 15) is 8.42 Å². The van der Waals surface area contributed by atoms with E-state index >= 15 is 0 Å². The minimum atomic E-state index is -3.25. The van der Waals surface area contributed by atoms with Gasteiger partial charge in [-0.1, -0.05) is 0 Å². The second-order valence-electron chi connectivity index (χ2n) is 3.80. The summed E-state index contributed by atoms with van der Waals surface area (Å²) in [5.41, 5.74) is 0. The highest BCUT2D eigenvalue weighted by atomic mass is 32.2. The van der Waals surface area contributed by atoms with Gasteiger partial charge in [0.15, 0.2) is 0 Å². The Morgan fingerprint density at radius 2 is 1.74 bits per heavy atom. The molecule has 0 spiro atoms. The second kappa shape index (κ2) is 6.53. The van der Waals surface area contributed by atoms with Gasteiger partial charge in [-0.3, -0.25) is 0 Å². The monoisotopic (exact) mass is 290 g/mol. The Labute approximate surface area is 112 Å². The third-order valence-corrected chi connectivity index (χ3v) is 4.13. The summed E-state index contributed by atoms with van der Waals surface area (Å²) in [6, 6.07) is 1.53. The molecule has 1 aromatic heterocycles. The number of ether oxygens (including phenoxy) is 2. The molecule has 0 amide bonds. The Balaban J connectivity index is 2.68. The molecule has 8 nitrogen and oxygen atoms in total. The average molecular weight is 290 g/mol. The van der Waals surface area contributed by atoms with Crippen molar-refractivity contribution >= 4 is 16.0 Å². The van der Waals surface area contributed by atoms with Gasteiger partial charge < -0.3 is 14.8 Å². The topological polar surface area (TPSA) is 93.7 Å². The first-order chi connectivity index (χ1) is 8.89. The number of nitrogens with zero attached hydrogens (tertiary/aromatic N) is 3. The SMILES string of the molecule is COc1cc(OC)nc(NCCS(=O)(=O)N(C)C)n1. The van der Waals surface area contributed by atoms with Crippen molar-refractivity contribution in [1.82, 2.24) is 14.3 Å². The van der Waals surface area contributed by atoms with E-state index in [-0.39, 0.29) is 18.2 Å². The second-order valence-corrected chi connectivity index (χ2v) is 6.10. The van der Waals surface area contributed by atoms with Crippen LogP contribution in [0.4, 0.5) is 5.95 Å². The Bertz CT molecular complexity index is 496. The number of sulfonamides is 1. The Kier molecular flexibility index (Phi) is 5.31. The van der Waals surface area contributed by atoms with Crippen molar-refractivity contribution in [2.45, 2.75) is 0 Å². The highest BCUT2D eigenvalue weighted by molar-refractivity contribution is 7.89. The fourth-order valence-electron chi connectivity index (χ4n) is 1.17. The summed E-state index contributed by atoms with van der Waals surface area (Å²) in [7, 11) is 2.67. The highest BCUT2D eigenvalue weighted by Crippen LogP contribution is 2.17. The van der Waals surface area contributed by atoms with Gasteiger partial charge in [-0.05, 0) is 0 Å². The standard InChI is InChI=1S/C10H18N4O4S/c1-14(2)19(15,16)6-5-11-10-12-8(17-3)7-9(13-10)18-4/h7H,5-6H2,1-4H3,(H,11,12,13). The molecule has 19 heavy (non-hydrogen) atoms. The zero-order valence-corrected chi connectivity index (χ0v) is 12.2. The molecule has 0 bridgehead atoms. The summed E-state index contributed by atoms with van der Waals surface area (Å²) in [4.78, 5) is 8.06. The molecular formula is C10H18N4O4S. The zero-order chi connectivity index (χ0) is 14.5. The van der Waals surface area contributed by atoms with Gasteiger partial charge in [-0.2, -0.15) is 9.97 Å². The molecule has 0 aromatic carbocycles. The predicted molar refractivity (Wildman–Crippen MR) is 71.1 cm³/mol. The van der Waals surface area contributed by atoms with E-state index in [0.29, 0.717) is 11.8 Å². The molecule has 9 heteroatoms. The van der Waals surface area contributed by atoms with Crippen LogP contribution in [0.3, 0.4) is 0 Å². The molecule has 0 aliphatic carbocycles. The first-order valence-corrected chi connectivity index (χ1v) is 7.11. The van der Waals surface area contributed by atoms with E-state index in [4.69, 9.17) is 9.47 Å². The summed E-state index contributed by atoms with van der Waals surface area (Å²) in [5, 5.41) is 2.82. The maximum atomic E-state index is 11.6. The molecule has 0 saturated carbocycles. The van der Waals surface area contributed by atoms with Crippen LogP contribution in [-0.2, 0) is 10.0 Å². The highest BCUT2D eigenvalue weighted by Gasteiger charge is 2.13. The van der Waals surface area contributed by atoms with Gasteiger partial charge >= 0.3 is 0 Å². The van der Waals surface area contributed by atoms with Crippen LogP contribution in [0.2, 0.25) is 0 Å². The van der Waals surface area contributed by atoms with Crippen LogP contribution < -0.4 is 14.8 Å². The van der Waals surface area contributed by atoms with Crippen molar-refractivity contribution in [3.05, 3.63) is 6.07 Å². The van der Waals surface area contributed by atoms with Gasteiger partial charge in [0.1, 0.15) is 0 Å². The van der Waals surface area contributed by atoms with Gasteiger partial charge in [0.05, 0.1) is 26.0 Å². The van der Waals surface area contributed by atoms with Crippen LogP contribution in [0, 0.1) is 0 Å². The first kappa shape index (κ1) is 15.4. The van der Waals surface area contributed by atoms with Gasteiger partial charge in [-0.15, -0.1) is 0 Å². The fourth-order valence-corrected chi connectivity index (χ4v) is 1.89.